The number of methoxy groups -OCH3 is 1. The number of ether oxygens (including phenoxy) is 2. The molecule has 2 aromatic rings. The van der Waals surface area contributed by atoms with E-state index < -0.39 is 0 Å². The number of fused-ring (bicyclic) bond motifs is 1. The second-order valence-corrected chi connectivity index (χ2v) is 5.37. The summed E-state index contributed by atoms with van der Waals surface area (Å²) in [5, 5.41) is 16.6. The van der Waals surface area contributed by atoms with Gasteiger partial charge >= 0.3 is 0 Å². The zero-order valence-electron chi connectivity index (χ0n) is 13.1. The van der Waals surface area contributed by atoms with Crippen molar-refractivity contribution < 1.29 is 9.47 Å². The lowest BCUT2D eigenvalue weighted by atomic mass is 9.83. The van der Waals surface area contributed by atoms with E-state index >= 15 is 0 Å². The molecule has 3 N–H and O–H groups in total. The van der Waals surface area contributed by atoms with Crippen LogP contribution < -0.4 is 10.5 Å². The maximum Gasteiger partial charge on any atom is 0.244 e. The van der Waals surface area contributed by atoms with Gasteiger partial charge in [-0.1, -0.05) is 31.2 Å². The largest absolute Gasteiger partial charge is 0.420 e. The van der Waals surface area contributed by atoms with Crippen LogP contribution in [0.25, 0.3) is 0 Å². The number of aromatic nitrogens is 2. The van der Waals surface area contributed by atoms with Gasteiger partial charge in [0.15, 0.2) is 0 Å². The quantitative estimate of drug-likeness (QED) is 0.903. The molecule has 0 fully saturated rings. The number of benzene rings is 1. The van der Waals surface area contributed by atoms with Crippen LogP contribution in [0.5, 0.6) is 5.88 Å². The zero-order chi connectivity index (χ0) is 16.4. The maximum atomic E-state index is 9.55. The summed E-state index contributed by atoms with van der Waals surface area (Å²) in [4.78, 5) is 0. The minimum absolute atomic E-state index is 0.0973. The number of rotatable bonds is 4. The molecule has 0 bridgehead atoms. The number of hydrogen-bond donors (Lipinski definition) is 2. The third kappa shape index (κ3) is 2.56. The number of allylic oxidation sites excluding steroid dienone is 1. The number of nitrogens with zero attached hydrogens (tertiary/aromatic N) is 2. The summed E-state index contributed by atoms with van der Waals surface area (Å²) in [6, 6.07) is 10.3. The first-order valence-corrected chi connectivity index (χ1v) is 7.42. The number of nitriles is 1. The number of H-pyrrole nitrogens is 1. The van der Waals surface area contributed by atoms with E-state index in [1.54, 1.807) is 7.11 Å². The molecule has 1 atom stereocenters. The number of hydrogen-bond acceptors (Lipinski definition) is 5. The van der Waals surface area contributed by atoms with E-state index in [0.717, 1.165) is 23.2 Å². The minimum Gasteiger partial charge on any atom is -0.420 e. The van der Waals surface area contributed by atoms with Gasteiger partial charge < -0.3 is 15.2 Å². The average molecular weight is 310 g/mol. The maximum absolute atomic E-state index is 9.55. The van der Waals surface area contributed by atoms with Crippen molar-refractivity contribution in [3.63, 3.8) is 0 Å². The Hall–Kier alpha value is -2.78. The van der Waals surface area contributed by atoms with Crippen molar-refractivity contribution >= 4 is 0 Å². The molecule has 2 heterocycles. The lowest BCUT2D eigenvalue weighted by Crippen LogP contribution is -2.21. The number of nitrogens with two attached hydrogens (primary N) is 1. The SMILES string of the molecule is CCc1ccc(C2C(C#N)=C(N)Oc3n[nH]c(COC)c32)cc1. The van der Waals surface area contributed by atoms with Gasteiger partial charge in [-0.2, -0.15) is 5.26 Å². The Labute approximate surface area is 134 Å². The summed E-state index contributed by atoms with van der Waals surface area (Å²) in [7, 11) is 1.61. The highest BCUT2D eigenvalue weighted by Crippen LogP contribution is 2.42. The van der Waals surface area contributed by atoms with Crippen LogP contribution in [0.3, 0.4) is 0 Å². The van der Waals surface area contributed by atoms with Crippen LogP contribution in [0.1, 0.15) is 35.2 Å². The van der Waals surface area contributed by atoms with Crippen molar-refractivity contribution in [2.24, 2.45) is 5.73 Å². The molecule has 3 rings (SSSR count). The normalized spacial score (nSPS) is 16.7. The fraction of sp³-hybridized carbons (Fsp3) is 0.294. The predicted octanol–water partition coefficient (Wildman–Crippen LogP) is 2.34. The molecule has 6 heteroatoms. The van der Waals surface area contributed by atoms with Crippen molar-refractivity contribution in [2.45, 2.75) is 25.9 Å². The second-order valence-electron chi connectivity index (χ2n) is 5.37. The molecule has 0 saturated carbocycles. The summed E-state index contributed by atoms with van der Waals surface area (Å²) in [6.45, 7) is 2.46. The molecule has 0 amide bonds. The number of aryl methyl sites for hydroxylation is 1. The van der Waals surface area contributed by atoms with E-state index in [-0.39, 0.29) is 11.8 Å². The highest BCUT2D eigenvalue weighted by molar-refractivity contribution is 5.55. The smallest absolute Gasteiger partial charge is 0.244 e. The minimum atomic E-state index is -0.307. The van der Waals surface area contributed by atoms with Crippen LogP contribution in [-0.2, 0) is 17.8 Å². The van der Waals surface area contributed by atoms with Crippen LogP contribution >= 0.6 is 0 Å². The average Bonchev–Trinajstić information content (AvgIpc) is 2.96. The Morgan fingerprint density at radius 2 is 2.13 bits per heavy atom. The highest BCUT2D eigenvalue weighted by atomic mass is 16.5. The first-order valence-electron chi connectivity index (χ1n) is 7.42. The monoisotopic (exact) mass is 310 g/mol. The molecule has 1 aromatic heterocycles. The zero-order valence-corrected chi connectivity index (χ0v) is 13.1. The van der Waals surface area contributed by atoms with Crippen LogP contribution in [0.2, 0.25) is 0 Å². The van der Waals surface area contributed by atoms with E-state index in [1.807, 2.05) is 12.1 Å². The molecule has 23 heavy (non-hydrogen) atoms. The Bertz CT molecular complexity index is 784. The van der Waals surface area contributed by atoms with E-state index in [4.69, 9.17) is 15.2 Å². The highest BCUT2D eigenvalue weighted by Gasteiger charge is 2.35. The van der Waals surface area contributed by atoms with Gasteiger partial charge in [0.1, 0.15) is 11.6 Å². The molecule has 0 saturated heterocycles. The molecular formula is C17H18N4O2. The van der Waals surface area contributed by atoms with Crippen LogP contribution in [0.15, 0.2) is 35.7 Å². The summed E-state index contributed by atoms with van der Waals surface area (Å²) in [6.07, 6.45) is 0.961. The standard InChI is InChI=1S/C17H18N4O2/c1-3-10-4-6-11(7-5-10)14-12(8-18)16(19)23-17-15(14)13(9-22-2)20-21-17/h4-7,14H,3,9,19H2,1-2H3,(H,20,21). The fourth-order valence-electron chi connectivity index (χ4n) is 2.84. The first kappa shape index (κ1) is 15.1. The molecule has 1 aromatic carbocycles. The Morgan fingerprint density at radius 1 is 1.39 bits per heavy atom. The van der Waals surface area contributed by atoms with Crippen LogP contribution in [0, 0.1) is 11.3 Å². The summed E-state index contributed by atoms with van der Waals surface area (Å²) < 4.78 is 10.7. The molecule has 1 aliphatic rings. The van der Waals surface area contributed by atoms with Gasteiger partial charge in [-0.25, -0.2) is 0 Å². The second kappa shape index (κ2) is 6.15. The van der Waals surface area contributed by atoms with Crippen molar-refractivity contribution in [3.05, 3.63) is 58.1 Å². The number of aromatic amines is 1. The van der Waals surface area contributed by atoms with Crippen molar-refractivity contribution in [3.8, 4) is 11.9 Å². The van der Waals surface area contributed by atoms with Gasteiger partial charge in [-0.05, 0) is 17.5 Å². The Morgan fingerprint density at radius 3 is 2.74 bits per heavy atom. The van der Waals surface area contributed by atoms with Gasteiger partial charge in [0.2, 0.25) is 11.8 Å². The van der Waals surface area contributed by atoms with E-state index in [9.17, 15) is 5.26 Å². The van der Waals surface area contributed by atoms with Gasteiger partial charge in [0, 0.05) is 7.11 Å². The summed E-state index contributed by atoms with van der Waals surface area (Å²) in [5.41, 5.74) is 10.1. The lowest BCUT2D eigenvalue weighted by Gasteiger charge is -2.24. The molecule has 1 unspecified atom stereocenters. The molecule has 1 aliphatic heterocycles. The predicted molar refractivity (Wildman–Crippen MR) is 84.4 cm³/mol. The van der Waals surface area contributed by atoms with E-state index in [1.165, 1.54) is 5.56 Å². The van der Waals surface area contributed by atoms with Crippen molar-refractivity contribution in [2.75, 3.05) is 7.11 Å². The third-order valence-electron chi connectivity index (χ3n) is 4.03. The van der Waals surface area contributed by atoms with Crippen LogP contribution in [-0.4, -0.2) is 17.3 Å². The number of nitrogens with one attached hydrogen (secondary N) is 1. The summed E-state index contributed by atoms with van der Waals surface area (Å²) in [5.74, 6) is 0.191. The van der Waals surface area contributed by atoms with Crippen molar-refractivity contribution in [1.29, 1.82) is 5.26 Å². The van der Waals surface area contributed by atoms with Crippen molar-refractivity contribution in [1.82, 2.24) is 10.2 Å². The molecule has 0 aliphatic carbocycles. The first-order chi connectivity index (χ1) is 11.2. The van der Waals surface area contributed by atoms with Gasteiger partial charge in [-0.15, -0.1) is 5.10 Å². The molecule has 0 radical (unpaired) electrons. The van der Waals surface area contributed by atoms with Gasteiger partial charge in [0.25, 0.3) is 0 Å². The lowest BCUT2D eigenvalue weighted by molar-refractivity contribution is 0.180. The molecular weight excluding hydrogens is 292 g/mol. The van der Waals surface area contributed by atoms with E-state index in [0.29, 0.717) is 18.1 Å². The summed E-state index contributed by atoms with van der Waals surface area (Å²) >= 11 is 0. The molecule has 118 valence electrons. The Balaban J connectivity index is 2.15. The van der Waals surface area contributed by atoms with Gasteiger partial charge in [-0.3, -0.25) is 5.10 Å². The Kier molecular flexibility index (Phi) is 4.04. The van der Waals surface area contributed by atoms with Gasteiger partial charge in [0.05, 0.1) is 23.8 Å². The van der Waals surface area contributed by atoms with E-state index in [2.05, 4.69) is 35.3 Å². The van der Waals surface area contributed by atoms with Crippen LogP contribution in [0.4, 0.5) is 0 Å². The topological polar surface area (TPSA) is 97.0 Å². The molecule has 6 nitrogen and oxygen atoms in total. The fourth-order valence-corrected chi connectivity index (χ4v) is 2.84. The molecule has 0 spiro atoms. The third-order valence-corrected chi connectivity index (χ3v) is 4.03.